The van der Waals surface area contributed by atoms with Crippen LogP contribution in [0.1, 0.15) is 23.2 Å². The quantitative estimate of drug-likeness (QED) is 0.572. The molecule has 0 radical (unpaired) electrons. The number of pyridine rings is 1. The van der Waals surface area contributed by atoms with Crippen LogP contribution < -0.4 is 10.6 Å². The van der Waals surface area contributed by atoms with E-state index in [0.29, 0.717) is 17.1 Å². The van der Waals surface area contributed by atoms with Crippen LogP contribution in [0.4, 0.5) is 5.69 Å². The second-order valence-electron chi connectivity index (χ2n) is 7.71. The molecule has 2 aromatic carbocycles. The first-order valence-electron chi connectivity index (χ1n) is 10.7. The van der Waals surface area contributed by atoms with Gasteiger partial charge in [-0.1, -0.05) is 48.2 Å². The topological polar surface area (TPSA) is 74.3 Å². The van der Waals surface area contributed by atoms with Gasteiger partial charge >= 0.3 is 0 Å². The standard InChI is InChI=1S/C25H26N4O2S/c30-23(27-19-8-3-1-4-9-19)18-29-16-13-20(14-17-29)28-24(31)22-12-7-15-26-25(22)32-21-10-5-2-6-11-21/h1-12,15,20H,13-14,16-18H2,(H,27,30)(H,28,31). The van der Waals surface area contributed by atoms with Crippen molar-refractivity contribution in [3.63, 3.8) is 0 Å². The zero-order valence-electron chi connectivity index (χ0n) is 17.7. The molecule has 0 saturated carbocycles. The van der Waals surface area contributed by atoms with Crippen molar-refractivity contribution in [1.29, 1.82) is 0 Å². The number of amides is 2. The lowest BCUT2D eigenvalue weighted by Gasteiger charge is -2.32. The van der Waals surface area contributed by atoms with Gasteiger partial charge in [0.15, 0.2) is 0 Å². The van der Waals surface area contributed by atoms with E-state index in [-0.39, 0.29) is 17.9 Å². The average Bonchev–Trinajstić information content (AvgIpc) is 2.82. The smallest absolute Gasteiger partial charge is 0.254 e. The van der Waals surface area contributed by atoms with Crippen molar-refractivity contribution in [2.45, 2.75) is 28.8 Å². The Balaban J connectivity index is 1.27. The Bertz CT molecular complexity index is 1040. The minimum Gasteiger partial charge on any atom is -0.349 e. The van der Waals surface area contributed by atoms with Gasteiger partial charge in [-0.2, -0.15) is 0 Å². The molecule has 1 aliphatic rings. The fourth-order valence-corrected chi connectivity index (χ4v) is 4.57. The summed E-state index contributed by atoms with van der Waals surface area (Å²) in [5, 5.41) is 6.78. The number of anilines is 1. The predicted molar refractivity (Wildman–Crippen MR) is 127 cm³/mol. The van der Waals surface area contributed by atoms with Crippen LogP contribution >= 0.6 is 11.8 Å². The zero-order valence-corrected chi connectivity index (χ0v) is 18.6. The van der Waals surface area contributed by atoms with Crippen molar-refractivity contribution in [2.24, 2.45) is 0 Å². The van der Waals surface area contributed by atoms with Gasteiger partial charge in [0.25, 0.3) is 5.91 Å². The molecule has 32 heavy (non-hydrogen) atoms. The van der Waals surface area contributed by atoms with Crippen molar-refractivity contribution in [3.05, 3.63) is 84.6 Å². The fourth-order valence-electron chi connectivity index (χ4n) is 3.67. The lowest BCUT2D eigenvalue weighted by atomic mass is 10.0. The molecule has 0 atom stereocenters. The summed E-state index contributed by atoms with van der Waals surface area (Å²) in [7, 11) is 0. The number of hydrogen-bond donors (Lipinski definition) is 2. The van der Waals surface area contributed by atoms with Crippen LogP contribution in [-0.4, -0.2) is 47.4 Å². The first-order chi connectivity index (χ1) is 15.7. The maximum atomic E-state index is 12.9. The summed E-state index contributed by atoms with van der Waals surface area (Å²) in [6.07, 6.45) is 3.33. The Morgan fingerprint density at radius 1 is 0.938 bits per heavy atom. The van der Waals surface area contributed by atoms with E-state index in [9.17, 15) is 9.59 Å². The van der Waals surface area contributed by atoms with Gasteiger partial charge in [-0.3, -0.25) is 14.5 Å². The van der Waals surface area contributed by atoms with Gasteiger partial charge in [-0.25, -0.2) is 4.98 Å². The monoisotopic (exact) mass is 446 g/mol. The molecule has 6 nitrogen and oxygen atoms in total. The summed E-state index contributed by atoms with van der Waals surface area (Å²) in [4.78, 5) is 32.8. The molecule has 4 rings (SSSR count). The van der Waals surface area contributed by atoms with Gasteiger partial charge in [0.1, 0.15) is 5.03 Å². The van der Waals surface area contributed by atoms with E-state index in [1.165, 1.54) is 11.8 Å². The number of carbonyl (C=O) groups excluding carboxylic acids is 2. The molecule has 7 heteroatoms. The van der Waals surface area contributed by atoms with E-state index in [1.54, 1.807) is 12.3 Å². The van der Waals surface area contributed by atoms with Crippen molar-refractivity contribution >= 4 is 29.3 Å². The van der Waals surface area contributed by atoms with Gasteiger partial charge in [-0.05, 0) is 49.2 Å². The van der Waals surface area contributed by atoms with E-state index in [4.69, 9.17) is 0 Å². The van der Waals surface area contributed by atoms with E-state index in [2.05, 4.69) is 20.5 Å². The SMILES string of the molecule is O=C(CN1CCC(NC(=O)c2cccnc2Sc2ccccc2)CC1)Nc1ccccc1. The lowest BCUT2D eigenvalue weighted by molar-refractivity contribution is -0.117. The summed E-state index contributed by atoms with van der Waals surface area (Å²) in [5.74, 6) is -0.117. The Kier molecular flexibility index (Phi) is 7.53. The molecule has 2 amide bonds. The fraction of sp³-hybridized carbons (Fsp3) is 0.240. The third-order valence-corrected chi connectivity index (χ3v) is 6.35. The van der Waals surface area contributed by atoms with Gasteiger partial charge in [-0.15, -0.1) is 0 Å². The first-order valence-corrected chi connectivity index (χ1v) is 11.5. The Morgan fingerprint density at radius 3 is 2.34 bits per heavy atom. The molecule has 1 fully saturated rings. The van der Waals surface area contributed by atoms with Crippen LogP contribution in [0.15, 0.2) is 88.9 Å². The predicted octanol–water partition coefficient (Wildman–Crippen LogP) is 4.07. The second-order valence-corrected chi connectivity index (χ2v) is 8.77. The van der Waals surface area contributed by atoms with Crippen molar-refractivity contribution < 1.29 is 9.59 Å². The number of nitrogens with one attached hydrogen (secondary N) is 2. The van der Waals surface area contributed by atoms with Crippen LogP contribution in [0.2, 0.25) is 0 Å². The average molecular weight is 447 g/mol. The van der Waals surface area contributed by atoms with Crippen LogP contribution in [0.3, 0.4) is 0 Å². The van der Waals surface area contributed by atoms with Gasteiger partial charge in [0.2, 0.25) is 5.91 Å². The molecular weight excluding hydrogens is 420 g/mol. The maximum Gasteiger partial charge on any atom is 0.254 e. The zero-order chi connectivity index (χ0) is 22.2. The molecule has 0 aliphatic carbocycles. The Labute approximate surface area is 192 Å². The molecular formula is C25H26N4O2S. The molecule has 164 valence electrons. The number of rotatable bonds is 7. The highest BCUT2D eigenvalue weighted by Gasteiger charge is 2.23. The Morgan fingerprint density at radius 2 is 1.62 bits per heavy atom. The number of benzene rings is 2. The molecule has 3 aromatic rings. The van der Waals surface area contributed by atoms with Crippen molar-refractivity contribution in [1.82, 2.24) is 15.2 Å². The summed E-state index contributed by atoms with van der Waals surface area (Å²) < 4.78 is 0. The van der Waals surface area contributed by atoms with Crippen LogP contribution in [0, 0.1) is 0 Å². The van der Waals surface area contributed by atoms with Crippen molar-refractivity contribution in [3.8, 4) is 0 Å². The molecule has 1 aliphatic heterocycles. The third kappa shape index (κ3) is 6.18. The lowest BCUT2D eigenvalue weighted by Crippen LogP contribution is -2.46. The molecule has 0 bridgehead atoms. The van der Waals surface area contributed by atoms with Crippen LogP contribution in [0.5, 0.6) is 0 Å². The highest BCUT2D eigenvalue weighted by atomic mass is 32.2. The van der Waals surface area contributed by atoms with E-state index in [1.807, 2.05) is 66.7 Å². The summed E-state index contributed by atoms with van der Waals surface area (Å²) in [5.41, 5.74) is 1.39. The minimum absolute atomic E-state index is 0.0170. The number of likely N-dealkylation sites (tertiary alicyclic amines) is 1. The van der Waals surface area contributed by atoms with Gasteiger partial charge in [0.05, 0.1) is 12.1 Å². The Hall–Kier alpha value is -3.16. The largest absolute Gasteiger partial charge is 0.349 e. The number of nitrogens with zero attached hydrogens (tertiary/aromatic N) is 2. The van der Waals surface area contributed by atoms with Crippen molar-refractivity contribution in [2.75, 3.05) is 25.0 Å². The summed E-state index contributed by atoms with van der Waals surface area (Å²) in [6.45, 7) is 1.90. The third-order valence-electron chi connectivity index (χ3n) is 5.32. The summed E-state index contributed by atoms with van der Waals surface area (Å²) >= 11 is 1.49. The van der Waals surface area contributed by atoms with Crippen LogP contribution in [0.25, 0.3) is 0 Å². The highest BCUT2D eigenvalue weighted by molar-refractivity contribution is 7.99. The molecule has 0 spiro atoms. The number of hydrogen-bond acceptors (Lipinski definition) is 5. The molecule has 1 aromatic heterocycles. The first kappa shape index (κ1) is 22.0. The molecule has 0 unspecified atom stereocenters. The number of carbonyl (C=O) groups is 2. The van der Waals surface area contributed by atoms with E-state index >= 15 is 0 Å². The normalized spacial score (nSPS) is 14.6. The van der Waals surface area contributed by atoms with Gasteiger partial charge in [0, 0.05) is 35.9 Å². The molecule has 2 N–H and O–H groups in total. The minimum atomic E-state index is -0.100. The maximum absolute atomic E-state index is 12.9. The van der Waals surface area contributed by atoms with E-state index < -0.39 is 0 Å². The molecule has 2 heterocycles. The van der Waals surface area contributed by atoms with Crippen LogP contribution in [-0.2, 0) is 4.79 Å². The summed E-state index contributed by atoms with van der Waals surface area (Å²) in [6, 6.07) is 23.1. The highest BCUT2D eigenvalue weighted by Crippen LogP contribution is 2.28. The number of para-hydroxylation sites is 1. The second kappa shape index (κ2) is 10.9. The molecule has 1 saturated heterocycles. The number of piperidine rings is 1. The van der Waals surface area contributed by atoms with E-state index in [0.717, 1.165) is 36.5 Å². The number of aromatic nitrogens is 1. The van der Waals surface area contributed by atoms with Gasteiger partial charge < -0.3 is 10.6 Å².